The highest BCUT2D eigenvalue weighted by molar-refractivity contribution is 5.83. The van der Waals surface area contributed by atoms with Crippen molar-refractivity contribution in [2.24, 2.45) is 23.2 Å². The maximum Gasteiger partial charge on any atom is 0.226 e. The molecule has 5 rings (SSSR count). The predicted molar refractivity (Wildman–Crippen MR) is 84.9 cm³/mol. The van der Waals surface area contributed by atoms with E-state index in [1.54, 1.807) is 0 Å². The van der Waals surface area contributed by atoms with Crippen molar-refractivity contribution < 1.29 is 18.7 Å². The van der Waals surface area contributed by atoms with Gasteiger partial charge in [0.05, 0.1) is 6.10 Å². The number of halogens is 2. The number of nitrogens with one attached hydrogen (secondary N) is 1. The van der Waals surface area contributed by atoms with Gasteiger partial charge in [-0.3, -0.25) is 4.79 Å². The number of aliphatic hydroxyl groups excluding tert-OH is 1. The van der Waals surface area contributed by atoms with Gasteiger partial charge >= 0.3 is 0 Å². The molecule has 0 aromatic heterocycles. The van der Waals surface area contributed by atoms with Crippen LogP contribution in [0.5, 0.6) is 0 Å². The molecular formula is C19H23F2NO2. The average molecular weight is 335 g/mol. The van der Waals surface area contributed by atoms with Gasteiger partial charge in [0.1, 0.15) is 0 Å². The first-order chi connectivity index (χ1) is 11.4. The molecule has 4 fully saturated rings. The summed E-state index contributed by atoms with van der Waals surface area (Å²) >= 11 is 0. The molecule has 130 valence electrons. The van der Waals surface area contributed by atoms with Crippen LogP contribution >= 0.6 is 0 Å². The summed E-state index contributed by atoms with van der Waals surface area (Å²) in [5.41, 5.74) is 0.0161. The maximum atomic E-state index is 13.3. The molecule has 24 heavy (non-hydrogen) atoms. The lowest BCUT2D eigenvalue weighted by molar-refractivity contribution is -0.146. The van der Waals surface area contributed by atoms with Crippen LogP contribution < -0.4 is 5.32 Å². The molecule has 1 aromatic rings. The van der Waals surface area contributed by atoms with E-state index in [-0.39, 0.29) is 23.4 Å². The van der Waals surface area contributed by atoms with E-state index >= 15 is 0 Å². The number of amides is 1. The first-order valence-electron chi connectivity index (χ1n) is 8.86. The van der Waals surface area contributed by atoms with Gasteiger partial charge in [-0.2, -0.15) is 0 Å². The lowest BCUT2D eigenvalue weighted by atomic mass is 9.49. The predicted octanol–water partition coefficient (Wildman–Crippen LogP) is 3.33. The summed E-state index contributed by atoms with van der Waals surface area (Å²) in [5.74, 6) is 0.139. The number of aliphatic hydroxyl groups is 1. The molecular weight excluding hydrogens is 312 g/mol. The third kappa shape index (κ3) is 2.73. The van der Waals surface area contributed by atoms with Crippen LogP contribution in [0.4, 0.5) is 8.78 Å². The quantitative estimate of drug-likeness (QED) is 0.887. The minimum Gasteiger partial charge on any atom is -0.387 e. The van der Waals surface area contributed by atoms with Crippen molar-refractivity contribution in [1.29, 1.82) is 0 Å². The SMILES string of the molecule is O=C(NCC(O)c1ccc(F)c(F)c1)C12CC3CC(CC(C3)C1)C2. The van der Waals surface area contributed by atoms with E-state index in [0.717, 1.165) is 31.4 Å². The van der Waals surface area contributed by atoms with Crippen molar-refractivity contribution in [1.82, 2.24) is 5.32 Å². The molecule has 4 bridgehead atoms. The Labute approximate surface area is 140 Å². The molecule has 0 heterocycles. The summed E-state index contributed by atoms with van der Waals surface area (Å²) in [6, 6.07) is 3.33. The van der Waals surface area contributed by atoms with Crippen molar-refractivity contribution in [2.45, 2.75) is 44.6 Å². The van der Waals surface area contributed by atoms with Gasteiger partial charge in [0.15, 0.2) is 11.6 Å². The molecule has 2 N–H and O–H groups in total. The summed E-state index contributed by atoms with van der Waals surface area (Å²) in [6.07, 6.45) is 5.67. The number of hydrogen-bond donors (Lipinski definition) is 2. The van der Waals surface area contributed by atoms with E-state index in [4.69, 9.17) is 0 Å². The summed E-state index contributed by atoms with van der Waals surface area (Å²) in [6.45, 7) is 0.0334. The van der Waals surface area contributed by atoms with Crippen LogP contribution in [0.3, 0.4) is 0 Å². The molecule has 1 aromatic carbocycles. The minimum absolute atomic E-state index is 0.0308. The second kappa shape index (κ2) is 5.80. The topological polar surface area (TPSA) is 49.3 Å². The lowest BCUT2D eigenvalue weighted by Gasteiger charge is -2.55. The number of benzene rings is 1. The summed E-state index contributed by atoms with van der Waals surface area (Å²) < 4.78 is 26.2. The fourth-order valence-corrected chi connectivity index (χ4v) is 5.60. The Balaban J connectivity index is 1.40. The zero-order chi connectivity index (χ0) is 16.9. The lowest BCUT2D eigenvalue weighted by Crippen LogP contribution is -2.54. The van der Waals surface area contributed by atoms with E-state index < -0.39 is 17.7 Å². The van der Waals surface area contributed by atoms with E-state index in [2.05, 4.69) is 5.32 Å². The Bertz CT molecular complexity index is 625. The second-order valence-electron chi connectivity index (χ2n) is 8.10. The second-order valence-corrected chi connectivity index (χ2v) is 8.10. The van der Waals surface area contributed by atoms with Crippen molar-refractivity contribution in [3.8, 4) is 0 Å². The molecule has 4 saturated carbocycles. The standard InChI is InChI=1S/C19H23F2NO2/c20-15-2-1-14(6-16(15)21)17(23)10-22-18(24)19-7-11-3-12(8-19)5-13(4-11)9-19/h1-2,6,11-13,17,23H,3-5,7-10H2,(H,22,24). The smallest absolute Gasteiger partial charge is 0.226 e. The van der Waals surface area contributed by atoms with Gasteiger partial charge in [-0.05, 0) is 74.0 Å². The molecule has 0 radical (unpaired) electrons. The molecule has 0 spiro atoms. The fourth-order valence-electron chi connectivity index (χ4n) is 5.60. The summed E-state index contributed by atoms with van der Waals surface area (Å²) in [4.78, 5) is 12.8. The van der Waals surface area contributed by atoms with Gasteiger partial charge in [0.25, 0.3) is 0 Å². The van der Waals surface area contributed by atoms with Crippen molar-refractivity contribution in [3.63, 3.8) is 0 Å². The Morgan fingerprint density at radius 2 is 1.71 bits per heavy atom. The minimum atomic E-state index is -1.03. The Morgan fingerprint density at radius 3 is 2.25 bits per heavy atom. The van der Waals surface area contributed by atoms with Crippen molar-refractivity contribution >= 4 is 5.91 Å². The van der Waals surface area contributed by atoms with Crippen molar-refractivity contribution in [2.75, 3.05) is 6.54 Å². The third-order valence-electron chi connectivity index (χ3n) is 6.30. The van der Waals surface area contributed by atoms with Crippen molar-refractivity contribution in [3.05, 3.63) is 35.4 Å². The molecule has 1 amide bonds. The normalized spacial score (nSPS) is 35.0. The third-order valence-corrected chi connectivity index (χ3v) is 6.30. The van der Waals surface area contributed by atoms with Crippen LogP contribution in [0.2, 0.25) is 0 Å². The molecule has 1 unspecified atom stereocenters. The highest BCUT2D eigenvalue weighted by Crippen LogP contribution is 2.60. The Kier molecular flexibility index (Phi) is 3.87. The summed E-state index contributed by atoms with van der Waals surface area (Å²) in [5, 5.41) is 13.0. The maximum absolute atomic E-state index is 13.3. The highest BCUT2D eigenvalue weighted by atomic mass is 19.2. The number of carbonyl (C=O) groups is 1. The first-order valence-corrected chi connectivity index (χ1v) is 8.86. The monoisotopic (exact) mass is 335 g/mol. The average Bonchev–Trinajstić information content (AvgIpc) is 2.53. The van der Waals surface area contributed by atoms with Crippen LogP contribution in [0.25, 0.3) is 0 Å². The summed E-state index contributed by atoms with van der Waals surface area (Å²) in [7, 11) is 0. The van der Waals surface area contributed by atoms with Gasteiger partial charge in [-0.25, -0.2) is 8.78 Å². The van der Waals surface area contributed by atoms with Gasteiger partial charge in [0, 0.05) is 12.0 Å². The fraction of sp³-hybridized carbons (Fsp3) is 0.632. The number of hydrogen-bond acceptors (Lipinski definition) is 2. The molecule has 4 aliphatic rings. The van der Waals surface area contributed by atoms with E-state index in [1.165, 1.54) is 25.3 Å². The van der Waals surface area contributed by atoms with Crippen LogP contribution in [-0.2, 0) is 4.79 Å². The molecule has 3 nitrogen and oxygen atoms in total. The van der Waals surface area contributed by atoms with Crippen LogP contribution in [0, 0.1) is 34.8 Å². The van der Waals surface area contributed by atoms with Gasteiger partial charge in [-0.1, -0.05) is 6.07 Å². The number of rotatable bonds is 4. The van der Waals surface area contributed by atoms with E-state index in [0.29, 0.717) is 17.8 Å². The van der Waals surface area contributed by atoms with Crippen LogP contribution in [-0.4, -0.2) is 17.6 Å². The zero-order valence-corrected chi connectivity index (χ0v) is 13.6. The van der Waals surface area contributed by atoms with E-state index in [1.807, 2.05) is 0 Å². The van der Waals surface area contributed by atoms with Crippen LogP contribution in [0.1, 0.15) is 50.2 Å². The molecule has 5 heteroatoms. The zero-order valence-electron chi connectivity index (χ0n) is 13.6. The van der Waals surface area contributed by atoms with Gasteiger partial charge in [0.2, 0.25) is 5.91 Å². The molecule has 1 atom stereocenters. The first kappa shape index (κ1) is 16.0. The largest absolute Gasteiger partial charge is 0.387 e. The van der Waals surface area contributed by atoms with Gasteiger partial charge in [-0.15, -0.1) is 0 Å². The van der Waals surface area contributed by atoms with Gasteiger partial charge < -0.3 is 10.4 Å². The van der Waals surface area contributed by atoms with Crippen LogP contribution in [0.15, 0.2) is 18.2 Å². The molecule has 4 aliphatic carbocycles. The molecule has 0 aliphatic heterocycles. The number of carbonyl (C=O) groups excluding carboxylic acids is 1. The Morgan fingerprint density at radius 1 is 1.12 bits per heavy atom. The Hall–Kier alpha value is -1.49. The molecule has 0 saturated heterocycles. The highest BCUT2D eigenvalue weighted by Gasteiger charge is 2.54. The van der Waals surface area contributed by atoms with E-state index in [9.17, 15) is 18.7 Å².